The van der Waals surface area contributed by atoms with E-state index >= 15 is 0 Å². The van der Waals surface area contributed by atoms with E-state index in [4.69, 9.17) is 0 Å². The number of nitrogens with one attached hydrogen (secondary N) is 2. The van der Waals surface area contributed by atoms with Crippen LogP contribution in [0.1, 0.15) is 42.6 Å². The second-order valence-electron chi connectivity index (χ2n) is 6.74. The Kier molecular flexibility index (Phi) is 4.78. The van der Waals surface area contributed by atoms with Crippen LogP contribution in [0.5, 0.6) is 0 Å². The van der Waals surface area contributed by atoms with Crippen molar-refractivity contribution in [3.8, 4) is 0 Å². The number of aromatic nitrogens is 2. The van der Waals surface area contributed by atoms with Gasteiger partial charge in [-0.3, -0.25) is 14.8 Å². The summed E-state index contributed by atoms with van der Waals surface area (Å²) in [5.74, 6) is -0.100. The number of benzene rings is 1. The van der Waals surface area contributed by atoms with E-state index in [1.165, 1.54) is 19.3 Å². The Labute approximate surface area is 152 Å². The van der Waals surface area contributed by atoms with E-state index in [2.05, 4.69) is 20.6 Å². The lowest BCUT2D eigenvalue weighted by molar-refractivity contribution is 0.0922. The number of rotatable bonds is 4. The summed E-state index contributed by atoms with van der Waals surface area (Å²) in [6.45, 7) is 0. The number of pyridine rings is 2. The predicted octanol–water partition coefficient (Wildman–Crippen LogP) is 4.44. The molecule has 0 unspecified atom stereocenters. The van der Waals surface area contributed by atoms with Crippen molar-refractivity contribution in [2.75, 3.05) is 5.32 Å². The first kappa shape index (κ1) is 16.5. The van der Waals surface area contributed by atoms with Crippen molar-refractivity contribution in [2.45, 2.75) is 38.1 Å². The molecule has 1 aliphatic carbocycles. The fourth-order valence-corrected chi connectivity index (χ4v) is 3.50. The average Bonchev–Trinajstić information content (AvgIpc) is 2.69. The van der Waals surface area contributed by atoms with Crippen LogP contribution < -0.4 is 10.6 Å². The Balaban J connectivity index is 1.52. The summed E-state index contributed by atoms with van der Waals surface area (Å²) in [6.07, 6.45) is 9.21. The predicted molar refractivity (Wildman–Crippen MR) is 104 cm³/mol. The smallest absolute Gasteiger partial charge is 0.270 e. The Morgan fingerprint density at radius 1 is 0.962 bits per heavy atom. The molecule has 3 aromatic rings. The van der Waals surface area contributed by atoms with Crippen molar-refractivity contribution in [3.63, 3.8) is 0 Å². The van der Waals surface area contributed by atoms with E-state index in [0.717, 1.165) is 35.1 Å². The molecule has 0 atom stereocenters. The molecule has 132 valence electrons. The molecule has 0 bridgehead atoms. The summed E-state index contributed by atoms with van der Waals surface area (Å²) in [4.78, 5) is 21.2. The van der Waals surface area contributed by atoms with Crippen LogP contribution in [0.25, 0.3) is 10.9 Å². The molecule has 1 aliphatic rings. The maximum absolute atomic E-state index is 12.5. The second-order valence-corrected chi connectivity index (χ2v) is 6.74. The third-order valence-electron chi connectivity index (χ3n) is 4.84. The molecule has 0 radical (unpaired) electrons. The topological polar surface area (TPSA) is 66.9 Å². The zero-order chi connectivity index (χ0) is 17.8. The van der Waals surface area contributed by atoms with Crippen molar-refractivity contribution in [2.24, 2.45) is 0 Å². The number of fused-ring (bicyclic) bond motifs is 1. The maximum atomic E-state index is 12.5. The molecule has 26 heavy (non-hydrogen) atoms. The van der Waals surface area contributed by atoms with Gasteiger partial charge in [0.15, 0.2) is 0 Å². The van der Waals surface area contributed by atoms with Gasteiger partial charge in [0.1, 0.15) is 5.69 Å². The van der Waals surface area contributed by atoms with Gasteiger partial charge in [-0.15, -0.1) is 0 Å². The first-order chi connectivity index (χ1) is 12.8. The third kappa shape index (κ3) is 3.67. The molecule has 1 saturated carbocycles. The van der Waals surface area contributed by atoms with E-state index < -0.39 is 0 Å². The Morgan fingerprint density at radius 3 is 2.69 bits per heavy atom. The molecule has 0 aliphatic heterocycles. The molecule has 1 fully saturated rings. The SMILES string of the molecule is O=C(NC1CCCCC1)c1cc(Nc2cccc3cccnc23)ccn1. The van der Waals surface area contributed by atoms with Gasteiger partial charge in [-0.25, -0.2) is 0 Å². The van der Waals surface area contributed by atoms with E-state index in [1.807, 2.05) is 36.4 Å². The van der Waals surface area contributed by atoms with Crippen LogP contribution in [-0.4, -0.2) is 21.9 Å². The number of hydrogen-bond donors (Lipinski definition) is 2. The summed E-state index contributed by atoms with van der Waals surface area (Å²) in [5.41, 5.74) is 3.08. The van der Waals surface area contributed by atoms with E-state index in [9.17, 15) is 4.79 Å². The van der Waals surface area contributed by atoms with Crippen molar-refractivity contribution in [1.29, 1.82) is 0 Å². The highest BCUT2D eigenvalue weighted by Gasteiger charge is 2.17. The van der Waals surface area contributed by atoms with Gasteiger partial charge in [-0.05, 0) is 37.1 Å². The highest BCUT2D eigenvalue weighted by Crippen LogP contribution is 2.24. The molecular weight excluding hydrogens is 324 g/mol. The molecule has 4 rings (SSSR count). The largest absolute Gasteiger partial charge is 0.354 e. The summed E-state index contributed by atoms with van der Waals surface area (Å²) in [6, 6.07) is 13.9. The molecular formula is C21H22N4O. The standard InChI is InChI=1S/C21H22N4O/c26-21(25-16-8-2-1-3-9-16)19-14-17(11-13-22-19)24-18-10-4-6-15-7-5-12-23-20(15)18/h4-7,10-14,16H,1-3,8-9H2,(H,22,24)(H,25,26). The van der Waals surface area contributed by atoms with Gasteiger partial charge in [0, 0.05) is 29.5 Å². The van der Waals surface area contributed by atoms with Crippen LogP contribution in [0.15, 0.2) is 54.9 Å². The Morgan fingerprint density at radius 2 is 1.81 bits per heavy atom. The number of carbonyl (C=O) groups excluding carboxylic acids is 1. The van der Waals surface area contributed by atoms with E-state index in [1.54, 1.807) is 18.5 Å². The molecule has 5 heteroatoms. The number of carbonyl (C=O) groups is 1. The van der Waals surface area contributed by atoms with Gasteiger partial charge in [0.2, 0.25) is 0 Å². The molecule has 2 aromatic heterocycles. The van der Waals surface area contributed by atoms with Crippen molar-refractivity contribution < 1.29 is 4.79 Å². The zero-order valence-electron chi connectivity index (χ0n) is 14.6. The van der Waals surface area contributed by atoms with Crippen LogP contribution >= 0.6 is 0 Å². The lowest BCUT2D eigenvalue weighted by Crippen LogP contribution is -2.36. The summed E-state index contributed by atoms with van der Waals surface area (Å²) < 4.78 is 0. The average molecular weight is 346 g/mol. The number of amides is 1. The van der Waals surface area contributed by atoms with Crippen molar-refractivity contribution >= 4 is 28.2 Å². The minimum atomic E-state index is -0.100. The van der Waals surface area contributed by atoms with Crippen molar-refractivity contribution in [3.05, 3.63) is 60.6 Å². The van der Waals surface area contributed by atoms with Crippen LogP contribution in [0.3, 0.4) is 0 Å². The number of anilines is 2. The van der Waals surface area contributed by atoms with Gasteiger partial charge >= 0.3 is 0 Å². The first-order valence-corrected chi connectivity index (χ1v) is 9.17. The molecule has 0 spiro atoms. The van der Waals surface area contributed by atoms with Crippen LogP contribution in [0.4, 0.5) is 11.4 Å². The summed E-state index contributed by atoms with van der Waals surface area (Å²) in [5, 5.41) is 7.55. The first-order valence-electron chi connectivity index (χ1n) is 9.17. The van der Waals surface area contributed by atoms with Crippen LogP contribution in [0.2, 0.25) is 0 Å². The molecule has 5 nitrogen and oxygen atoms in total. The number of nitrogens with zero attached hydrogens (tertiary/aromatic N) is 2. The van der Waals surface area contributed by atoms with Crippen LogP contribution in [-0.2, 0) is 0 Å². The fraction of sp³-hybridized carbons (Fsp3) is 0.286. The van der Waals surface area contributed by atoms with Gasteiger partial charge in [0.05, 0.1) is 11.2 Å². The maximum Gasteiger partial charge on any atom is 0.270 e. The molecule has 2 heterocycles. The summed E-state index contributed by atoms with van der Waals surface area (Å²) in [7, 11) is 0. The fourth-order valence-electron chi connectivity index (χ4n) is 3.50. The molecule has 0 saturated heterocycles. The minimum absolute atomic E-state index is 0.100. The zero-order valence-corrected chi connectivity index (χ0v) is 14.6. The Bertz CT molecular complexity index is 913. The monoisotopic (exact) mass is 346 g/mol. The van der Waals surface area contributed by atoms with Gasteiger partial charge in [0.25, 0.3) is 5.91 Å². The van der Waals surface area contributed by atoms with Gasteiger partial charge < -0.3 is 10.6 Å². The Hall–Kier alpha value is -2.95. The lowest BCUT2D eigenvalue weighted by atomic mass is 9.95. The molecule has 2 N–H and O–H groups in total. The second kappa shape index (κ2) is 7.52. The normalized spacial score (nSPS) is 14.9. The minimum Gasteiger partial charge on any atom is -0.354 e. The lowest BCUT2D eigenvalue weighted by Gasteiger charge is -2.22. The molecule has 1 aromatic carbocycles. The van der Waals surface area contributed by atoms with E-state index in [-0.39, 0.29) is 11.9 Å². The van der Waals surface area contributed by atoms with Crippen molar-refractivity contribution in [1.82, 2.24) is 15.3 Å². The van der Waals surface area contributed by atoms with E-state index in [0.29, 0.717) is 5.69 Å². The van der Waals surface area contributed by atoms with Gasteiger partial charge in [-0.2, -0.15) is 0 Å². The highest BCUT2D eigenvalue weighted by atomic mass is 16.1. The van der Waals surface area contributed by atoms with Gasteiger partial charge in [-0.1, -0.05) is 37.5 Å². The third-order valence-corrected chi connectivity index (χ3v) is 4.84. The quantitative estimate of drug-likeness (QED) is 0.733. The number of hydrogen-bond acceptors (Lipinski definition) is 4. The van der Waals surface area contributed by atoms with Crippen LogP contribution in [0, 0.1) is 0 Å². The summed E-state index contributed by atoms with van der Waals surface area (Å²) >= 11 is 0. The number of para-hydroxylation sites is 1. The highest BCUT2D eigenvalue weighted by molar-refractivity contribution is 5.95. The molecule has 1 amide bonds.